The normalized spacial score (nSPS) is 17.9. The zero-order valence-electron chi connectivity index (χ0n) is 11.5. The maximum atomic E-state index is 5.82. The molecule has 3 N–H and O–H groups in total. The standard InChI is InChI=1S/C14H24N4/c1-3-6-12-17-11(15)9-13(18-12)16-10-14(2)7-4-5-8-14/h9H,3-8,10H2,1-2H3,(H3,15,16,17,18). The average molecular weight is 248 g/mol. The zero-order valence-corrected chi connectivity index (χ0v) is 11.5. The Morgan fingerprint density at radius 3 is 2.72 bits per heavy atom. The molecule has 0 saturated heterocycles. The second kappa shape index (κ2) is 5.55. The fraction of sp³-hybridized carbons (Fsp3) is 0.714. The molecule has 100 valence electrons. The second-order valence-electron chi connectivity index (χ2n) is 5.72. The quantitative estimate of drug-likeness (QED) is 0.840. The number of nitrogens with two attached hydrogens (primary N) is 1. The van der Waals surface area contributed by atoms with E-state index < -0.39 is 0 Å². The molecule has 2 rings (SSSR count). The Morgan fingerprint density at radius 2 is 2.06 bits per heavy atom. The fourth-order valence-corrected chi connectivity index (χ4v) is 2.65. The summed E-state index contributed by atoms with van der Waals surface area (Å²) >= 11 is 0. The first-order valence-electron chi connectivity index (χ1n) is 6.99. The summed E-state index contributed by atoms with van der Waals surface area (Å²) in [6.07, 6.45) is 7.25. The maximum absolute atomic E-state index is 5.82. The van der Waals surface area contributed by atoms with Crippen LogP contribution in [0.3, 0.4) is 0 Å². The molecule has 1 aliphatic rings. The molecular formula is C14H24N4. The number of anilines is 2. The Morgan fingerprint density at radius 1 is 1.33 bits per heavy atom. The largest absolute Gasteiger partial charge is 0.384 e. The van der Waals surface area contributed by atoms with E-state index in [-0.39, 0.29) is 0 Å². The van der Waals surface area contributed by atoms with Gasteiger partial charge in [-0.05, 0) is 24.7 Å². The molecule has 1 aromatic rings. The highest BCUT2D eigenvalue weighted by Gasteiger charge is 2.28. The summed E-state index contributed by atoms with van der Waals surface area (Å²) in [5, 5.41) is 3.44. The number of rotatable bonds is 5. The number of nitrogens with zero attached hydrogens (tertiary/aromatic N) is 2. The molecule has 4 nitrogen and oxygen atoms in total. The third kappa shape index (κ3) is 3.34. The number of nitrogens with one attached hydrogen (secondary N) is 1. The Balaban J connectivity index is 2.00. The summed E-state index contributed by atoms with van der Waals surface area (Å²) in [7, 11) is 0. The van der Waals surface area contributed by atoms with Gasteiger partial charge in [0.15, 0.2) is 0 Å². The van der Waals surface area contributed by atoms with E-state index in [0.29, 0.717) is 11.2 Å². The summed E-state index contributed by atoms with van der Waals surface area (Å²) in [5.74, 6) is 2.28. The monoisotopic (exact) mass is 248 g/mol. The first-order valence-corrected chi connectivity index (χ1v) is 6.99. The SMILES string of the molecule is CCCc1nc(N)cc(NCC2(C)CCCC2)n1. The van der Waals surface area contributed by atoms with Gasteiger partial charge in [0.05, 0.1) is 0 Å². The van der Waals surface area contributed by atoms with Crippen molar-refractivity contribution in [2.24, 2.45) is 5.41 Å². The van der Waals surface area contributed by atoms with E-state index in [4.69, 9.17) is 5.73 Å². The lowest BCUT2D eigenvalue weighted by molar-refractivity contribution is 0.361. The van der Waals surface area contributed by atoms with Crippen molar-refractivity contribution in [2.75, 3.05) is 17.6 Å². The predicted molar refractivity (Wildman–Crippen MR) is 75.5 cm³/mol. The fourth-order valence-electron chi connectivity index (χ4n) is 2.65. The van der Waals surface area contributed by atoms with Crippen LogP contribution < -0.4 is 11.1 Å². The van der Waals surface area contributed by atoms with Crippen molar-refractivity contribution in [1.82, 2.24) is 9.97 Å². The van der Waals surface area contributed by atoms with Crippen LogP contribution in [0.4, 0.5) is 11.6 Å². The predicted octanol–water partition coefficient (Wildman–Crippen LogP) is 3.00. The Hall–Kier alpha value is -1.32. The van der Waals surface area contributed by atoms with Crippen LogP contribution in [-0.2, 0) is 6.42 Å². The van der Waals surface area contributed by atoms with Crippen molar-refractivity contribution < 1.29 is 0 Å². The lowest BCUT2D eigenvalue weighted by atomic mass is 9.89. The van der Waals surface area contributed by atoms with Gasteiger partial charge in [-0.3, -0.25) is 0 Å². The Kier molecular flexibility index (Phi) is 4.04. The first kappa shape index (κ1) is 13.1. The zero-order chi connectivity index (χ0) is 13.0. The van der Waals surface area contributed by atoms with Gasteiger partial charge in [-0.15, -0.1) is 0 Å². The van der Waals surface area contributed by atoms with E-state index in [9.17, 15) is 0 Å². The molecule has 0 aliphatic heterocycles. The minimum absolute atomic E-state index is 0.421. The van der Waals surface area contributed by atoms with Crippen LogP contribution in [0, 0.1) is 5.41 Å². The van der Waals surface area contributed by atoms with Crippen molar-refractivity contribution in [2.45, 2.75) is 52.4 Å². The molecule has 18 heavy (non-hydrogen) atoms. The molecule has 0 spiro atoms. The van der Waals surface area contributed by atoms with E-state index in [0.717, 1.165) is 31.0 Å². The Bertz CT molecular complexity index is 397. The molecule has 1 saturated carbocycles. The van der Waals surface area contributed by atoms with Gasteiger partial charge in [0.2, 0.25) is 0 Å². The molecule has 0 aromatic carbocycles. The molecule has 1 aliphatic carbocycles. The number of hydrogen-bond donors (Lipinski definition) is 2. The van der Waals surface area contributed by atoms with E-state index in [1.807, 2.05) is 6.07 Å². The molecule has 1 fully saturated rings. The summed E-state index contributed by atoms with van der Waals surface area (Å²) in [4.78, 5) is 8.76. The third-order valence-corrected chi connectivity index (χ3v) is 3.77. The lowest BCUT2D eigenvalue weighted by Crippen LogP contribution is -2.23. The summed E-state index contributed by atoms with van der Waals surface area (Å²) in [6, 6.07) is 1.83. The Labute approximate surface area is 109 Å². The van der Waals surface area contributed by atoms with Crippen LogP contribution in [0.25, 0.3) is 0 Å². The van der Waals surface area contributed by atoms with Crippen molar-refractivity contribution in [3.63, 3.8) is 0 Å². The number of nitrogen functional groups attached to an aromatic ring is 1. The lowest BCUT2D eigenvalue weighted by Gasteiger charge is -2.24. The number of aryl methyl sites for hydroxylation is 1. The van der Waals surface area contributed by atoms with Crippen LogP contribution in [0.2, 0.25) is 0 Å². The van der Waals surface area contributed by atoms with Gasteiger partial charge < -0.3 is 11.1 Å². The second-order valence-corrected chi connectivity index (χ2v) is 5.72. The highest BCUT2D eigenvalue weighted by atomic mass is 15.1. The molecule has 0 atom stereocenters. The molecular weight excluding hydrogens is 224 g/mol. The van der Waals surface area contributed by atoms with E-state index in [1.165, 1.54) is 25.7 Å². The van der Waals surface area contributed by atoms with Crippen molar-refractivity contribution in [1.29, 1.82) is 0 Å². The van der Waals surface area contributed by atoms with Gasteiger partial charge in [-0.1, -0.05) is 26.7 Å². The molecule has 1 heterocycles. The number of hydrogen-bond acceptors (Lipinski definition) is 4. The van der Waals surface area contributed by atoms with Crippen molar-refractivity contribution in [3.05, 3.63) is 11.9 Å². The van der Waals surface area contributed by atoms with Gasteiger partial charge in [0.25, 0.3) is 0 Å². The average Bonchev–Trinajstić information content (AvgIpc) is 2.74. The molecule has 4 heteroatoms. The highest BCUT2D eigenvalue weighted by molar-refractivity contribution is 5.44. The minimum atomic E-state index is 0.421. The van der Waals surface area contributed by atoms with Crippen LogP contribution >= 0.6 is 0 Å². The molecule has 0 unspecified atom stereocenters. The van der Waals surface area contributed by atoms with Crippen LogP contribution in [0.5, 0.6) is 0 Å². The first-order chi connectivity index (χ1) is 8.61. The van der Waals surface area contributed by atoms with Gasteiger partial charge in [0, 0.05) is 19.0 Å². The van der Waals surface area contributed by atoms with Gasteiger partial charge in [0.1, 0.15) is 17.5 Å². The third-order valence-electron chi connectivity index (χ3n) is 3.77. The number of aromatic nitrogens is 2. The van der Waals surface area contributed by atoms with Crippen LogP contribution in [-0.4, -0.2) is 16.5 Å². The van der Waals surface area contributed by atoms with Gasteiger partial charge in [-0.2, -0.15) is 0 Å². The summed E-state index contributed by atoms with van der Waals surface area (Å²) in [6.45, 7) is 5.46. The molecule has 0 amide bonds. The van der Waals surface area contributed by atoms with Crippen LogP contribution in [0.15, 0.2) is 6.07 Å². The maximum Gasteiger partial charge on any atom is 0.133 e. The van der Waals surface area contributed by atoms with E-state index >= 15 is 0 Å². The highest BCUT2D eigenvalue weighted by Crippen LogP contribution is 2.37. The van der Waals surface area contributed by atoms with Crippen molar-refractivity contribution >= 4 is 11.6 Å². The minimum Gasteiger partial charge on any atom is -0.384 e. The van der Waals surface area contributed by atoms with Gasteiger partial charge in [-0.25, -0.2) is 9.97 Å². The van der Waals surface area contributed by atoms with Crippen molar-refractivity contribution in [3.8, 4) is 0 Å². The molecule has 0 bridgehead atoms. The molecule has 1 aromatic heterocycles. The van der Waals surface area contributed by atoms with Crippen LogP contribution in [0.1, 0.15) is 51.8 Å². The van der Waals surface area contributed by atoms with E-state index in [1.54, 1.807) is 0 Å². The summed E-state index contributed by atoms with van der Waals surface area (Å²) < 4.78 is 0. The topological polar surface area (TPSA) is 63.8 Å². The summed E-state index contributed by atoms with van der Waals surface area (Å²) in [5.41, 5.74) is 6.24. The smallest absolute Gasteiger partial charge is 0.133 e. The van der Waals surface area contributed by atoms with E-state index in [2.05, 4.69) is 29.1 Å². The molecule has 0 radical (unpaired) electrons. The van der Waals surface area contributed by atoms with Gasteiger partial charge >= 0.3 is 0 Å².